The summed E-state index contributed by atoms with van der Waals surface area (Å²) in [6.45, 7) is 4.22. The molecule has 1 fully saturated rings. The summed E-state index contributed by atoms with van der Waals surface area (Å²) in [5.41, 5.74) is 1.19. The second kappa shape index (κ2) is 11.2. The smallest absolute Gasteiger partial charge is 0.237 e. The zero-order valence-electron chi connectivity index (χ0n) is 14.6. The minimum atomic E-state index is -0.00528. The Hall–Kier alpha value is -1.46. The summed E-state index contributed by atoms with van der Waals surface area (Å²) < 4.78 is 10.9. The van der Waals surface area contributed by atoms with Gasteiger partial charge >= 0.3 is 0 Å². The number of carbonyl (C=O) groups excluding carboxylic acids is 1. The summed E-state index contributed by atoms with van der Waals surface area (Å²) in [4.78, 5) is 12.0. The van der Waals surface area contributed by atoms with Gasteiger partial charge in [0.2, 0.25) is 5.91 Å². The largest absolute Gasteiger partial charge is 0.493 e. The Kier molecular flexibility index (Phi) is 9.57. The molecule has 1 aromatic carbocycles. The van der Waals surface area contributed by atoms with Crippen LogP contribution in [0.25, 0.3) is 0 Å². The lowest BCUT2D eigenvalue weighted by Crippen LogP contribution is -2.46. The predicted octanol–water partition coefficient (Wildman–Crippen LogP) is 2.71. The van der Waals surface area contributed by atoms with Gasteiger partial charge in [-0.05, 0) is 56.8 Å². The average molecular weight is 357 g/mol. The highest BCUT2D eigenvalue weighted by Gasteiger charge is 2.19. The van der Waals surface area contributed by atoms with E-state index in [2.05, 4.69) is 10.6 Å². The van der Waals surface area contributed by atoms with Crippen molar-refractivity contribution in [1.82, 2.24) is 10.6 Å². The summed E-state index contributed by atoms with van der Waals surface area (Å²) in [5.74, 6) is 1.67. The topological polar surface area (TPSA) is 59.6 Å². The van der Waals surface area contributed by atoms with Crippen molar-refractivity contribution in [2.24, 2.45) is 0 Å². The number of hydrogen-bond donors (Lipinski definition) is 2. The fraction of sp³-hybridized carbons (Fsp3) is 0.611. The minimum absolute atomic E-state index is 0. The third-order valence-corrected chi connectivity index (χ3v) is 4.10. The van der Waals surface area contributed by atoms with Gasteiger partial charge in [0, 0.05) is 6.54 Å². The summed E-state index contributed by atoms with van der Waals surface area (Å²) in [5, 5.41) is 6.30. The highest BCUT2D eigenvalue weighted by Crippen LogP contribution is 2.28. The number of ether oxygens (including phenoxy) is 2. The van der Waals surface area contributed by atoms with Crippen molar-refractivity contribution < 1.29 is 14.3 Å². The van der Waals surface area contributed by atoms with Crippen LogP contribution in [0.3, 0.4) is 0 Å². The zero-order valence-corrected chi connectivity index (χ0v) is 15.4. The zero-order chi connectivity index (χ0) is 16.5. The van der Waals surface area contributed by atoms with Crippen molar-refractivity contribution >= 4 is 18.3 Å². The molecule has 0 radical (unpaired) electrons. The lowest BCUT2D eigenvalue weighted by atomic mass is 10.0. The standard InChI is InChI=1S/C18H28N2O3.ClH/c1-3-23-17-13-14(9-10-16(17)22-2)7-6-12-20-18(21)15-8-4-5-11-19-15;/h9-10,13,15,19H,3-8,11-12H2,1-2H3,(H,20,21);1H. The molecular formula is C18H29ClN2O3. The van der Waals surface area contributed by atoms with Crippen molar-refractivity contribution in [3.63, 3.8) is 0 Å². The highest BCUT2D eigenvalue weighted by molar-refractivity contribution is 5.85. The maximum atomic E-state index is 12.0. The first kappa shape index (κ1) is 20.6. The molecule has 5 nitrogen and oxygen atoms in total. The van der Waals surface area contributed by atoms with Gasteiger partial charge in [-0.15, -0.1) is 12.4 Å². The van der Waals surface area contributed by atoms with Crippen LogP contribution in [0.5, 0.6) is 11.5 Å². The second-order valence-corrected chi connectivity index (χ2v) is 5.82. The molecule has 1 aliphatic rings. The first-order valence-electron chi connectivity index (χ1n) is 8.55. The van der Waals surface area contributed by atoms with E-state index < -0.39 is 0 Å². The van der Waals surface area contributed by atoms with Gasteiger partial charge in [-0.3, -0.25) is 4.79 Å². The Bertz CT molecular complexity index is 505. The highest BCUT2D eigenvalue weighted by atomic mass is 35.5. The van der Waals surface area contributed by atoms with Gasteiger partial charge in [0.25, 0.3) is 0 Å². The predicted molar refractivity (Wildman–Crippen MR) is 98.4 cm³/mol. The molecule has 2 N–H and O–H groups in total. The molecule has 0 bridgehead atoms. The molecule has 24 heavy (non-hydrogen) atoms. The van der Waals surface area contributed by atoms with Crippen LogP contribution in [-0.2, 0) is 11.2 Å². The number of rotatable bonds is 8. The van der Waals surface area contributed by atoms with Crippen molar-refractivity contribution in [3.05, 3.63) is 23.8 Å². The maximum absolute atomic E-state index is 12.0. The Morgan fingerprint density at radius 1 is 1.33 bits per heavy atom. The van der Waals surface area contributed by atoms with Crippen LogP contribution in [0.15, 0.2) is 18.2 Å². The molecular weight excluding hydrogens is 328 g/mol. The molecule has 0 aliphatic carbocycles. The van der Waals surface area contributed by atoms with E-state index in [1.165, 1.54) is 12.0 Å². The van der Waals surface area contributed by atoms with Crippen LogP contribution in [0.4, 0.5) is 0 Å². The number of nitrogens with one attached hydrogen (secondary N) is 2. The van der Waals surface area contributed by atoms with Crippen LogP contribution in [0.2, 0.25) is 0 Å². The van der Waals surface area contributed by atoms with Gasteiger partial charge in [0.1, 0.15) is 0 Å². The molecule has 1 aromatic rings. The summed E-state index contributed by atoms with van der Waals surface area (Å²) in [6.07, 6.45) is 5.07. The number of methoxy groups -OCH3 is 1. The molecule has 0 aromatic heterocycles. The monoisotopic (exact) mass is 356 g/mol. The minimum Gasteiger partial charge on any atom is -0.493 e. The van der Waals surface area contributed by atoms with E-state index in [9.17, 15) is 4.79 Å². The summed E-state index contributed by atoms with van der Waals surface area (Å²) in [6, 6.07) is 6.00. The van der Waals surface area contributed by atoms with E-state index in [-0.39, 0.29) is 24.4 Å². The van der Waals surface area contributed by atoms with Crippen LogP contribution in [0, 0.1) is 0 Å². The van der Waals surface area contributed by atoms with Crippen molar-refractivity contribution in [1.29, 1.82) is 0 Å². The number of benzene rings is 1. The number of hydrogen-bond acceptors (Lipinski definition) is 4. The lowest BCUT2D eigenvalue weighted by molar-refractivity contribution is -0.123. The molecule has 1 saturated heterocycles. The lowest BCUT2D eigenvalue weighted by Gasteiger charge is -2.22. The van der Waals surface area contributed by atoms with Crippen LogP contribution >= 0.6 is 12.4 Å². The Morgan fingerprint density at radius 3 is 2.83 bits per heavy atom. The quantitative estimate of drug-likeness (QED) is 0.703. The van der Waals surface area contributed by atoms with Gasteiger partial charge < -0.3 is 20.1 Å². The third-order valence-electron chi connectivity index (χ3n) is 4.10. The molecule has 1 aliphatic heterocycles. The van der Waals surface area contributed by atoms with E-state index in [0.717, 1.165) is 43.7 Å². The Morgan fingerprint density at radius 2 is 2.17 bits per heavy atom. The molecule has 1 amide bonds. The van der Waals surface area contributed by atoms with E-state index in [4.69, 9.17) is 9.47 Å². The second-order valence-electron chi connectivity index (χ2n) is 5.82. The van der Waals surface area contributed by atoms with E-state index in [1.54, 1.807) is 7.11 Å². The molecule has 1 atom stereocenters. The molecule has 6 heteroatoms. The Balaban J connectivity index is 0.00000288. The Labute approximate surface area is 150 Å². The SMILES string of the molecule is CCOc1cc(CCCNC(=O)C2CCCCN2)ccc1OC.Cl. The van der Waals surface area contributed by atoms with Crippen molar-refractivity contribution in [3.8, 4) is 11.5 Å². The first-order chi connectivity index (χ1) is 11.2. The van der Waals surface area contributed by atoms with E-state index in [0.29, 0.717) is 13.2 Å². The molecule has 0 spiro atoms. The molecule has 136 valence electrons. The van der Waals surface area contributed by atoms with E-state index >= 15 is 0 Å². The average Bonchev–Trinajstić information content (AvgIpc) is 2.60. The number of halogens is 1. The first-order valence-corrected chi connectivity index (χ1v) is 8.55. The van der Waals surface area contributed by atoms with Crippen LogP contribution in [0.1, 0.15) is 38.2 Å². The van der Waals surface area contributed by atoms with Crippen LogP contribution < -0.4 is 20.1 Å². The number of piperidine rings is 1. The normalized spacial score (nSPS) is 16.8. The van der Waals surface area contributed by atoms with Gasteiger partial charge in [-0.2, -0.15) is 0 Å². The fourth-order valence-corrected chi connectivity index (χ4v) is 2.85. The van der Waals surface area contributed by atoms with Gasteiger partial charge in [0.05, 0.1) is 19.8 Å². The van der Waals surface area contributed by atoms with Gasteiger partial charge in [-0.1, -0.05) is 12.5 Å². The molecule has 2 rings (SSSR count). The number of carbonyl (C=O) groups is 1. The molecule has 0 saturated carbocycles. The van der Waals surface area contributed by atoms with Crippen LogP contribution in [-0.4, -0.2) is 38.8 Å². The number of amides is 1. The number of aryl methyl sites for hydroxylation is 1. The maximum Gasteiger partial charge on any atom is 0.237 e. The summed E-state index contributed by atoms with van der Waals surface area (Å²) >= 11 is 0. The molecule has 1 heterocycles. The fourth-order valence-electron chi connectivity index (χ4n) is 2.85. The third kappa shape index (κ3) is 6.21. The van der Waals surface area contributed by atoms with E-state index in [1.807, 2.05) is 25.1 Å². The molecule has 1 unspecified atom stereocenters. The van der Waals surface area contributed by atoms with Gasteiger partial charge in [0.15, 0.2) is 11.5 Å². The van der Waals surface area contributed by atoms with Gasteiger partial charge in [-0.25, -0.2) is 0 Å². The summed E-state index contributed by atoms with van der Waals surface area (Å²) in [7, 11) is 1.65. The van der Waals surface area contributed by atoms with Crippen molar-refractivity contribution in [2.75, 3.05) is 26.8 Å². The van der Waals surface area contributed by atoms with Crippen molar-refractivity contribution in [2.45, 2.75) is 45.1 Å².